The molecule has 0 radical (unpaired) electrons. The maximum Gasteiger partial charge on any atom is 0.0230 e. The maximum absolute atomic E-state index is 3.74. The van der Waals surface area contributed by atoms with Gasteiger partial charge in [-0.1, -0.05) is 53.2 Å². The van der Waals surface area contributed by atoms with E-state index < -0.39 is 0 Å². The fourth-order valence-corrected chi connectivity index (χ4v) is 1.42. The summed E-state index contributed by atoms with van der Waals surface area (Å²) in [6, 6.07) is 10.7. The van der Waals surface area contributed by atoms with Crippen LogP contribution in [0.4, 0.5) is 0 Å². The standard InChI is InChI=1S/C12H17Br/c1-3-12(2,13)10-9-11-7-5-4-6-8-11/h4-8H,3,9-10H2,1-2H3. The van der Waals surface area contributed by atoms with Gasteiger partial charge in [0.2, 0.25) is 0 Å². The molecular weight excluding hydrogens is 224 g/mol. The number of benzene rings is 1. The highest BCUT2D eigenvalue weighted by Crippen LogP contribution is 2.27. The Balaban J connectivity index is 2.44. The minimum atomic E-state index is 0.308. The zero-order chi connectivity index (χ0) is 9.73. The molecule has 0 aliphatic carbocycles. The van der Waals surface area contributed by atoms with Crippen LogP contribution in [0.3, 0.4) is 0 Å². The van der Waals surface area contributed by atoms with Crippen LogP contribution < -0.4 is 0 Å². The average molecular weight is 241 g/mol. The molecule has 0 aliphatic rings. The summed E-state index contributed by atoms with van der Waals surface area (Å²) in [4.78, 5) is 0. The number of aryl methyl sites for hydroxylation is 1. The molecule has 1 unspecified atom stereocenters. The van der Waals surface area contributed by atoms with Gasteiger partial charge in [0.1, 0.15) is 0 Å². The van der Waals surface area contributed by atoms with Gasteiger partial charge in [-0.3, -0.25) is 0 Å². The molecule has 0 saturated heterocycles. The summed E-state index contributed by atoms with van der Waals surface area (Å²) in [6.45, 7) is 4.48. The fourth-order valence-electron chi connectivity index (χ4n) is 1.23. The van der Waals surface area contributed by atoms with E-state index in [0.29, 0.717) is 4.32 Å². The van der Waals surface area contributed by atoms with E-state index in [9.17, 15) is 0 Å². The SMILES string of the molecule is CCC(C)(Br)CCc1ccccc1. The number of hydrogen-bond acceptors (Lipinski definition) is 0. The third-order valence-electron chi connectivity index (χ3n) is 2.51. The Morgan fingerprint density at radius 3 is 2.38 bits per heavy atom. The first-order valence-corrected chi connectivity index (χ1v) is 5.66. The van der Waals surface area contributed by atoms with Crippen LogP contribution in [0.1, 0.15) is 32.3 Å². The molecule has 72 valence electrons. The van der Waals surface area contributed by atoms with Crippen LogP contribution >= 0.6 is 15.9 Å². The van der Waals surface area contributed by atoms with Crippen molar-refractivity contribution in [2.45, 2.75) is 37.4 Å². The molecular formula is C12H17Br. The molecule has 0 nitrogen and oxygen atoms in total. The van der Waals surface area contributed by atoms with Crippen LogP contribution in [0.5, 0.6) is 0 Å². The van der Waals surface area contributed by atoms with Crippen molar-refractivity contribution >= 4 is 15.9 Å². The molecule has 1 aromatic carbocycles. The first-order chi connectivity index (χ1) is 6.14. The van der Waals surface area contributed by atoms with Crippen LogP contribution in [-0.4, -0.2) is 4.32 Å². The highest BCUT2D eigenvalue weighted by molar-refractivity contribution is 9.10. The Kier molecular flexibility index (Phi) is 3.98. The average Bonchev–Trinajstić information content (AvgIpc) is 2.17. The zero-order valence-corrected chi connectivity index (χ0v) is 9.97. The second-order valence-corrected chi connectivity index (χ2v) is 5.67. The van der Waals surface area contributed by atoms with Crippen LogP contribution in [-0.2, 0) is 6.42 Å². The molecule has 0 amide bonds. The normalized spacial score (nSPS) is 15.3. The van der Waals surface area contributed by atoms with Crippen molar-refractivity contribution < 1.29 is 0 Å². The van der Waals surface area contributed by atoms with E-state index in [1.54, 1.807) is 0 Å². The molecule has 1 heteroatoms. The van der Waals surface area contributed by atoms with E-state index in [4.69, 9.17) is 0 Å². The molecule has 1 rings (SSSR count). The summed E-state index contributed by atoms with van der Waals surface area (Å²) in [7, 11) is 0. The van der Waals surface area contributed by atoms with Crippen molar-refractivity contribution in [2.75, 3.05) is 0 Å². The molecule has 1 atom stereocenters. The number of hydrogen-bond donors (Lipinski definition) is 0. The van der Waals surface area contributed by atoms with Crippen LogP contribution in [0.25, 0.3) is 0 Å². The van der Waals surface area contributed by atoms with Gasteiger partial charge in [0.05, 0.1) is 0 Å². The summed E-state index contributed by atoms with van der Waals surface area (Å²) in [5.74, 6) is 0. The third-order valence-corrected chi connectivity index (χ3v) is 3.47. The Labute approximate surface area is 89.5 Å². The monoisotopic (exact) mass is 240 g/mol. The summed E-state index contributed by atoms with van der Waals surface area (Å²) < 4.78 is 0.308. The molecule has 1 aromatic rings. The minimum Gasteiger partial charge on any atom is -0.0856 e. The number of rotatable bonds is 4. The lowest BCUT2D eigenvalue weighted by atomic mass is 9.99. The van der Waals surface area contributed by atoms with E-state index in [2.05, 4.69) is 60.1 Å². The van der Waals surface area contributed by atoms with Crippen molar-refractivity contribution in [3.05, 3.63) is 35.9 Å². The van der Waals surface area contributed by atoms with Crippen LogP contribution in [0.15, 0.2) is 30.3 Å². The second kappa shape index (κ2) is 4.80. The van der Waals surface area contributed by atoms with Gasteiger partial charge in [-0.25, -0.2) is 0 Å². The minimum absolute atomic E-state index is 0.308. The van der Waals surface area contributed by atoms with Crippen molar-refractivity contribution in [3.8, 4) is 0 Å². The third kappa shape index (κ3) is 3.95. The Bertz CT molecular complexity index is 239. The van der Waals surface area contributed by atoms with Gasteiger partial charge in [-0.15, -0.1) is 0 Å². The van der Waals surface area contributed by atoms with Gasteiger partial charge < -0.3 is 0 Å². The molecule has 0 saturated carbocycles. The molecule has 13 heavy (non-hydrogen) atoms. The van der Waals surface area contributed by atoms with Crippen molar-refractivity contribution in [1.29, 1.82) is 0 Å². The Morgan fingerprint density at radius 2 is 1.85 bits per heavy atom. The Morgan fingerprint density at radius 1 is 1.23 bits per heavy atom. The van der Waals surface area contributed by atoms with Crippen molar-refractivity contribution in [3.63, 3.8) is 0 Å². The molecule has 0 fully saturated rings. The molecule has 0 heterocycles. The lowest BCUT2D eigenvalue weighted by Crippen LogP contribution is -2.14. The largest absolute Gasteiger partial charge is 0.0856 e. The fraction of sp³-hybridized carbons (Fsp3) is 0.500. The predicted octanol–water partition coefficient (Wildman–Crippen LogP) is 4.18. The maximum atomic E-state index is 3.74. The molecule has 0 bridgehead atoms. The lowest BCUT2D eigenvalue weighted by Gasteiger charge is -2.19. The molecule has 0 spiro atoms. The summed E-state index contributed by atoms with van der Waals surface area (Å²) >= 11 is 3.74. The predicted molar refractivity (Wildman–Crippen MR) is 62.4 cm³/mol. The van der Waals surface area contributed by atoms with Crippen LogP contribution in [0.2, 0.25) is 0 Å². The van der Waals surface area contributed by atoms with Gasteiger partial charge in [0.15, 0.2) is 0 Å². The van der Waals surface area contributed by atoms with Crippen molar-refractivity contribution in [2.24, 2.45) is 0 Å². The first-order valence-electron chi connectivity index (χ1n) is 4.87. The summed E-state index contributed by atoms with van der Waals surface area (Å²) in [6.07, 6.45) is 3.55. The molecule has 0 N–H and O–H groups in total. The number of alkyl halides is 1. The lowest BCUT2D eigenvalue weighted by molar-refractivity contribution is 0.581. The molecule has 0 aromatic heterocycles. The number of halogens is 1. The van der Waals surface area contributed by atoms with Gasteiger partial charge >= 0.3 is 0 Å². The second-order valence-electron chi connectivity index (χ2n) is 3.75. The smallest absolute Gasteiger partial charge is 0.0230 e. The summed E-state index contributed by atoms with van der Waals surface area (Å²) in [5, 5.41) is 0. The highest BCUT2D eigenvalue weighted by atomic mass is 79.9. The van der Waals surface area contributed by atoms with E-state index in [1.807, 2.05) is 0 Å². The van der Waals surface area contributed by atoms with Crippen molar-refractivity contribution in [1.82, 2.24) is 0 Å². The Hall–Kier alpha value is -0.300. The zero-order valence-electron chi connectivity index (χ0n) is 8.39. The van der Waals surface area contributed by atoms with Gasteiger partial charge in [-0.2, -0.15) is 0 Å². The highest BCUT2D eigenvalue weighted by Gasteiger charge is 2.16. The van der Waals surface area contributed by atoms with Gasteiger partial charge in [0, 0.05) is 4.32 Å². The van der Waals surface area contributed by atoms with E-state index >= 15 is 0 Å². The molecule has 0 aliphatic heterocycles. The van der Waals surface area contributed by atoms with E-state index in [-0.39, 0.29) is 0 Å². The quantitative estimate of drug-likeness (QED) is 0.693. The van der Waals surface area contributed by atoms with E-state index in [1.165, 1.54) is 18.4 Å². The topological polar surface area (TPSA) is 0 Å². The van der Waals surface area contributed by atoms with Gasteiger partial charge in [-0.05, 0) is 31.7 Å². The first kappa shape index (κ1) is 10.8. The van der Waals surface area contributed by atoms with Crippen LogP contribution in [0, 0.1) is 0 Å². The summed E-state index contributed by atoms with van der Waals surface area (Å²) in [5.41, 5.74) is 1.43. The van der Waals surface area contributed by atoms with Gasteiger partial charge in [0.25, 0.3) is 0 Å². The van der Waals surface area contributed by atoms with E-state index in [0.717, 1.165) is 6.42 Å².